The van der Waals surface area contributed by atoms with Crippen molar-refractivity contribution in [3.05, 3.63) is 0 Å². The number of hydrogen-bond acceptors (Lipinski definition) is 2. The minimum atomic E-state index is 0.156. The molecule has 0 unspecified atom stereocenters. The Balaban J connectivity index is 1.77. The molecule has 4 heteroatoms. The molecule has 0 bridgehead atoms. The maximum absolute atomic E-state index is 11.3. The van der Waals surface area contributed by atoms with Crippen LogP contribution in [-0.4, -0.2) is 25.9 Å². The number of rotatable bonds is 2. The smallest absolute Gasteiger partial charge is 0.222 e. The van der Waals surface area contributed by atoms with E-state index in [2.05, 4.69) is 10.6 Å². The van der Waals surface area contributed by atoms with Crippen molar-refractivity contribution in [3.8, 4) is 0 Å². The minimum Gasteiger partial charge on any atom is -0.359 e. The summed E-state index contributed by atoms with van der Waals surface area (Å²) in [5, 5.41) is 5.36. The summed E-state index contributed by atoms with van der Waals surface area (Å²) in [4.78, 5) is 22.6. The number of nitrogens with one attached hydrogen (secondary N) is 2. The van der Waals surface area contributed by atoms with Crippen LogP contribution in [0.4, 0.5) is 0 Å². The van der Waals surface area contributed by atoms with E-state index in [1.54, 1.807) is 14.1 Å². The molecule has 1 spiro atoms. The van der Waals surface area contributed by atoms with Crippen LogP contribution >= 0.6 is 0 Å². The van der Waals surface area contributed by atoms with Crippen molar-refractivity contribution in [2.45, 2.75) is 25.7 Å². The molecule has 0 aromatic rings. The summed E-state index contributed by atoms with van der Waals surface area (Å²) in [6, 6.07) is 0. The summed E-state index contributed by atoms with van der Waals surface area (Å²) in [6.07, 6.45) is 3.89. The molecule has 2 fully saturated rings. The van der Waals surface area contributed by atoms with Crippen LogP contribution in [0.2, 0.25) is 0 Å². The third-order valence-corrected chi connectivity index (χ3v) is 3.95. The van der Waals surface area contributed by atoms with Gasteiger partial charge in [-0.25, -0.2) is 0 Å². The molecule has 2 N–H and O–H groups in total. The Morgan fingerprint density at radius 3 is 1.53 bits per heavy atom. The van der Waals surface area contributed by atoms with Gasteiger partial charge in [-0.1, -0.05) is 0 Å². The molecule has 0 radical (unpaired) electrons. The molecular formula is C11H18N2O2. The lowest BCUT2D eigenvalue weighted by atomic mass is 9.48. The van der Waals surface area contributed by atoms with Crippen LogP contribution in [0.3, 0.4) is 0 Å². The van der Waals surface area contributed by atoms with Crippen LogP contribution in [0.15, 0.2) is 0 Å². The Bertz CT molecular complexity index is 255. The second-order valence-electron chi connectivity index (χ2n) is 4.94. The van der Waals surface area contributed by atoms with Gasteiger partial charge in [0.2, 0.25) is 11.8 Å². The van der Waals surface area contributed by atoms with Crippen molar-refractivity contribution in [2.24, 2.45) is 17.3 Å². The van der Waals surface area contributed by atoms with E-state index in [0.29, 0.717) is 5.41 Å². The van der Waals surface area contributed by atoms with Crippen LogP contribution in [-0.2, 0) is 9.59 Å². The quantitative estimate of drug-likeness (QED) is 0.688. The zero-order valence-corrected chi connectivity index (χ0v) is 9.30. The lowest BCUT2D eigenvalue weighted by Crippen LogP contribution is -2.54. The summed E-state index contributed by atoms with van der Waals surface area (Å²) in [5.74, 6) is 0.703. The molecule has 84 valence electrons. The molecule has 2 rings (SSSR count). The Hall–Kier alpha value is -1.06. The number of hydrogen-bond donors (Lipinski definition) is 2. The summed E-state index contributed by atoms with van der Waals surface area (Å²) in [5.41, 5.74) is 0.328. The Kier molecular flexibility index (Phi) is 2.44. The summed E-state index contributed by atoms with van der Waals surface area (Å²) in [7, 11) is 3.36. The highest BCUT2D eigenvalue weighted by Crippen LogP contribution is 2.61. The highest BCUT2D eigenvalue weighted by atomic mass is 16.2. The molecule has 0 aliphatic heterocycles. The van der Waals surface area contributed by atoms with Gasteiger partial charge in [-0.3, -0.25) is 9.59 Å². The first kappa shape index (κ1) is 10.5. The van der Waals surface area contributed by atoms with Gasteiger partial charge in [0.15, 0.2) is 0 Å². The molecular weight excluding hydrogens is 192 g/mol. The predicted octanol–water partition coefficient (Wildman–Crippen LogP) is 0.285. The highest BCUT2D eigenvalue weighted by Gasteiger charge is 2.56. The van der Waals surface area contributed by atoms with Gasteiger partial charge in [-0.05, 0) is 31.1 Å². The van der Waals surface area contributed by atoms with Crippen LogP contribution in [0, 0.1) is 17.3 Å². The second-order valence-corrected chi connectivity index (χ2v) is 4.94. The zero-order chi connectivity index (χ0) is 11.1. The van der Waals surface area contributed by atoms with E-state index < -0.39 is 0 Å². The number of carbonyl (C=O) groups excluding carboxylic acids is 2. The fourth-order valence-electron chi connectivity index (χ4n) is 3.08. The van der Waals surface area contributed by atoms with Crippen LogP contribution < -0.4 is 10.6 Å². The molecule has 0 aromatic heterocycles. The number of amides is 2. The third-order valence-electron chi connectivity index (χ3n) is 3.95. The van der Waals surface area contributed by atoms with E-state index in [-0.39, 0.29) is 23.7 Å². The van der Waals surface area contributed by atoms with Crippen LogP contribution in [0.5, 0.6) is 0 Å². The predicted molar refractivity (Wildman–Crippen MR) is 56.0 cm³/mol. The average molecular weight is 210 g/mol. The lowest BCUT2D eigenvalue weighted by molar-refractivity contribution is -0.148. The molecule has 2 saturated carbocycles. The van der Waals surface area contributed by atoms with Crippen molar-refractivity contribution in [2.75, 3.05) is 14.1 Å². The van der Waals surface area contributed by atoms with Gasteiger partial charge in [0.25, 0.3) is 0 Å². The van der Waals surface area contributed by atoms with Crippen molar-refractivity contribution < 1.29 is 9.59 Å². The monoisotopic (exact) mass is 210 g/mol. The highest BCUT2D eigenvalue weighted by molar-refractivity contribution is 5.81. The Morgan fingerprint density at radius 1 is 0.933 bits per heavy atom. The van der Waals surface area contributed by atoms with Gasteiger partial charge in [0.1, 0.15) is 0 Å². The molecule has 15 heavy (non-hydrogen) atoms. The van der Waals surface area contributed by atoms with Crippen LogP contribution in [0.25, 0.3) is 0 Å². The van der Waals surface area contributed by atoms with Gasteiger partial charge < -0.3 is 10.6 Å². The first-order valence-electron chi connectivity index (χ1n) is 5.53. The summed E-state index contributed by atoms with van der Waals surface area (Å²) < 4.78 is 0. The van der Waals surface area contributed by atoms with Crippen molar-refractivity contribution in [1.82, 2.24) is 10.6 Å². The second kappa shape index (κ2) is 3.51. The minimum absolute atomic E-state index is 0.156. The maximum atomic E-state index is 11.3. The van der Waals surface area contributed by atoms with E-state index in [1.165, 1.54) is 0 Å². The van der Waals surface area contributed by atoms with Crippen molar-refractivity contribution >= 4 is 11.8 Å². The van der Waals surface area contributed by atoms with Gasteiger partial charge in [-0.2, -0.15) is 0 Å². The molecule has 0 atom stereocenters. The SMILES string of the molecule is CNC(=O)C1CC2(C1)CC(C(=O)NC)C2. The molecule has 0 heterocycles. The lowest BCUT2D eigenvalue weighted by Gasteiger charge is -2.56. The zero-order valence-electron chi connectivity index (χ0n) is 9.30. The first-order chi connectivity index (χ1) is 7.10. The van der Waals surface area contributed by atoms with Gasteiger partial charge >= 0.3 is 0 Å². The van der Waals surface area contributed by atoms with E-state index in [0.717, 1.165) is 25.7 Å². The molecule has 0 aromatic carbocycles. The topological polar surface area (TPSA) is 58.2 Å². The normalized spacial score (nSPS) is 37.7. The average Bonchev–Trinajstić information content (AvgIpc) is 2.12. The third kappa shape index (κ3) is 1.62. The fraction of sp³-hybridized carbons (Fsp3) is 0.818. The van der Waals surface area contributed by atoms with Gasteiger partial charge in [0.05, 0.1) is 0 Å². The largest absolute Gasteiger partial charge is 0.359 e. The number of carbonyl (C=O) groups is 2. The Morgan fingerprint density at radius 2 is 1.27 bits per heavy atom. The molecule has 2 aliphatic rings. The van der Waals surface area contributed by atoms with Crippen molar-refractivity contribution in [3.63, 3.8) is 0 Å². The standard InChI is InChI=1S/C11H18N2O2/c1-12-9(14)7-3-11(4-7)5-8(6-11)10(15)13-2/h7-8H,3-6H2,1-2H3,(H,12,14)(H,13,15). The maximum Gasteiger partial charge on any atom is 0.222 e. The summed E-state index contributed by atoms with van der Waals surface area (Å²) in [6.45, 7) is 0. The fourth-order valence-corrected chi connectivity index (χ4v) is 3.08. The van der Waals surface area contributed by atoms with E-state index >= 15 is 0 Å². The Labute approximate surface area is 89.8 Å². The first-order valence-corrected chi connectivity index (χ1v) is 5.53. The molecule has 4 nitrogen and oxygen atoms in total. The van der Waals surface area contributed by atoms with E-state index in [1.807, 2.05) is 0 Å². The molecule has 0 saturated heterocycles. The van der Waals surface area contributed by atoms with E-state index in [9.17, 15) is 9.59 Å². The van der Waals surface area contributed by atoms with Crippen molar-refractivity contribution in [1.29, 1.82) is 0 Å². The van der Waals surface area contributed by atoms with Crippen LogP contribution in [0.1, 0.15) is 25.7 Å². The molecule has 2 amide bonds. The van der Waals surface area contributed by atoms with Gasteiger partial charge in [0, 0.05) is 25.9 Å². The summed E-state index contributed by atoms with van der Waals surface area (Å²) >= 11 is 0. The molecule has 2 aliphatic carbocycles. The van der Waals surface area contributed by atoms with Gasteiger partial charge in [-0.15, -0.1) is 0 Å². The van der Waals surface area contributed by atoms with E-state index in [4.69, 9.17) is 0 Å².